The molecule has 3 N–H and O–H groups in total. The Bertz CT molecular complexity index is 552. The van der Waals surface area contributed by atoms with Crippen molar-refractivity contribution in [3.05, 3.63) is 57.3 Å². The fourth-order valence-corrected chi connectivity index (χ4v) is 3.32. The van der Waals surface area contributed by atoms with Crippen molar-refractivity contribution in [2.24, 2.45) is 5.84 Å². The van der Waals surface area contributed by atoms with Crippen LogP contribution in [0.2, 0.25) is 0 Å². The van der Waals surface area contributed by atoms with Crippen molar-refractivity contribution in [1.29, 1.82) is 0 Å². The summed E-state index contributed by atoms with van der Waals surface area (Å²) in [6.45, 7) is 8.83. The Morgan fingerprint density at radius 2 is 1.79 bits per heavy atom. The van der Waals surface area contributed by atoms with Crippen molar-refractivity contribution in [3.63, 3.8) is 0 Å². The highest BCUT2D eigenvalue weighted by Gasteiger charge is 2.23. The highest BCUT2D eigenvalue weighted by molar-refractivity contribution is 7.12. The monoisotopic (exact) mass is 274 g/mol. The SMILES string of the molecule is Cc1ccc(C(NN)c2ccccc2C(C)(C)C)s1. The van der Waals surface area contributed by atoms with Crippen LogP contribution in [-0.4, -0.2) is 0 Å². The van der Waals surface area contributed by atoms with Crippen LogP contribution < -0.4 is 11.3 Å². The molecule has 1 heterocycles. The molecule has 1 aromatic heterocycles. The fraction of sp³-hybridized carbons (Fsp3) is 0.375. The fourth-order valence-electron chi connectivity index (χ4n) is 2.37. The number of benzene rings is 1. The van der Waals surface area contributed by atoms with Gasteiger partial charge in [0.25, 0.3) is 0 Å². The lowest BCUT2D eigenvalue weighted by molar-refractivity contribution is 0.560. The maximum Gasteiger partial charge on any atom is 0.0805 e. The van der Waals surface area contributed by atoms with Crippen molar-refractivity contribution in [3.8, 4) is 0 Å². The molecule has 0 radical (unpaired) electrons. The van der Waals surface area contributed by atoms with E-state index < -0.39 is 0 Å². The minimum absolute atomic E-state index is 0.0640. The third kappa shape index (κ3) is 3.06. The average Bonchev–Trinajstić information content (AvgIpc) is 2.76. The number of aryl methyl sites for hydroxylation is 1. The molecule has 0 fully saturated rings. The first-order valence-corrected chi connectivity index (χ1v) is 7.37. The number of rotatable bonds is 3. The molecule has 1 aromatic carbocycles. The molecular formula is C16H22N2S. The quantitative estimate of drug-likeness (QED) is 0.658. The first-order chi connectivity index (χ1) is 8.93. The van der Waals surface area contributed by atoms with Gasteiger partial charge in [-0.05, 0) is 35.6 Å². The summed E-state index contributed by atoms with van der Waals surface area (Å²) in [5.74, 6) is 5.81. The van der Waals surface area contributed by atoms with Crippen LogP contribution in [0, 0.1) is 6.92 Å². The van der Waals surface area contributed by atoms with Gasteiger partial charge in [-0.15, -0.1) is 11.3 Å². The molecule has 2 rings (SSSR count). The van der Waals surface area contributed by atoms with Crippen molar-refractivity contribution >= 4 is 11.3 Å². The Balaban J connectivity index is 2.50. The zero-order chi connectivity index (χ0) is 14.0. The summed E-state index contributed by atoms with van der Waals surface area (Å²) in [6, 6.07) is 12.9. The molecule has 0 aliphatic carbocycles. The van der Waals surface area contributed by atoms with Crippen molar-refractivity contribution in [2.75, 3.05) is 0 Å². The third-order valence-electron chi connectivity index (χ3n) is 3.29. The molecule has 0 saturated heterocycles. The van der Waals surface area contributed by atoms with Gasteiger partial charge >= 0.3 is 0 Å². The Hall–Kier alpha value is -1.16. The molecule has 1 unspecified atom stereocenters. The zero-order valence-corrected chi connectivity index (χ0v) is 12.8. The number of nitrogens with two attached hydrogens (primary N) is 1. The predicted octanol–water partition coefficient (Wildman–Crippen LogP) is 3.91. The summed E-state index contributed by atoms with van der Waals surface area (Å²) >= 11 is 1.79. The van der Waals surface area contributed by atoms with Crippen LogP contribution in [0.15, 0.2) is 36.4 Å². The summed E-state index contributed by atoms with van der Waals surface area (Å²) in [5.41, 5.74) is 5.68. The van der Waals surface area contributed by atoms with Crippen LogP contribution >= 0.6 is 11.3 Å². The first-order valence-electron chi connectivity index (χ1n) is 6.55. The van der Waals surface area contributed by atoms with Crippen LogP contribution in [0.25, 0.3) is 0 Å². The molecule has 0 bridgehead atoms. The van der Waals surface area contributed by atoms with E-state index in [1.54, 1.807) is 11.3 Å². The third-order valence-corrected chi connectivity index (χ3v) is 4.36. The number of hydrazine groups is 1. The second-order valence-corrected chi connectivity index (χ2v) is 7.20. The molecule has 19 heavy (non-hydrogen) atoms. The van der Waals surface area contributed by atoms with Gasteiger partial charge in [-0.3, -0.25) is 5.84 Å². The number of thiophene rings is 1. The molecule has 2 nitrogen and oxygen atoms in total. The van der Waals surface area contributed by atoms with E-state index >= 15 is 0 Å². The largest absolute Gasteiger partial charge is 0.271 e. The molecular weight excluding hydrogens is 252 g/mol. The van der Waals surface area contributed by atoms with Gasteiger partial charge in [0.2, 0.25) is 0 Å². The van der Waals surface area contributed by atoms with E-state index in [9.17, 15) is 0 Å². The van der Waals surface area contributed by atoms with E-state index in [1.165, 1.54) is 20.9 Å². The first kappa shape index (κ1) is 14.3. The van der Waals surface area contributed by atoms with Gasteiger partial charge in [0.15, 0.2) is 0 Å². The van der Waals surface area contributed by atoms with Gasteiger partial charge in [0, 0.05) is 9.75 Å². The molecule has 2 aromatic rings. The van der Waals surface area contributed by atoms with Crippen LogP contribution in [-0.2, 0) is 5.41 Å². The van der Waals surface area contributed by atoms with Crippen LogP contribution in [0.3, 0.4) is 0 Å². The smallest absolute Gasteiger partial charge is 0.0805 e. The summed E-state index contributed by atoms with van der Waals surface area (Å²) in [4.78, 5) is 2.57. The van der Waals surface area contributed by atoms with Crippen molar-refractivity contribution in [2.45, 2.75) is 39.2 Å². The van der Waals surface area contributed by atoms with Gasteiger partial charge < -0.3 is 0 Å². The van der Waals surface area contributed by atoms with E-state index in [-0.39, 0.29) is 11.5 Å². The van der Waals surface area contributed by atoms with E-state index in [1.807, 2.05) is 0 Å². The van der Waals surface area contributed by atoms with Gasteiger partial charge in [0.05, 0.1) is 6.04 Å². The average molecular weight is 274 g/mol. The maximum atomic E-state index is 5.81. The molecule has 0 aliphatic rings. The van der Waals surface area contributed by atoms with Crippen molar-refractivity contribution in [1.82, 2.24) is 5.43 Å². The Labute approximate surface area is 119 Å². The van der Waals surface area contributed by atoms with Gasteiger partial charge in [-0.2, -0.15) is 0 Å². The Morgan fingerprint density at radius 1 is 1.11 bits per heavy atom. The number of hydrogen-bond acceptors (Lipinski definition) is 3. The summed E-state index contributed by atoms with van der Waals surface area (Å²) in [7, 11) is 0. The zero-order valence-electron chi connectivity index (χ0n) is 12.0. The minimum Gasteiger partial charge on any atom is -0.271 e. The Kier molecular flexibility index (Phi) is 4.09. The maximum absolute atomic E-state index is 5.81. The second kappa shape index (κ2) is 5.45. The molecule has 0 aliphatic heterocycles. The standard InChI is InChI=1S/C16H22N2S/c1-11-9-10-14(19-11)15(18-17)12-7-5-6-8-13(12)16(2,3)4/h5-10,15,18H,17H2,1-4H3. The highest BCUT2D eigenvalue weighted by atomic mass is 32.1. The lowest BCUT2D eigenvalue weighted by atomic mass is 9.81. The van der Waals surface area contributed by atoms with Gasteiger partial charge in [0.1, 0.15) is 0 Å². The molecule has 1 atom stereocenters. The van der Waals surface area contributed by atoms with Crippen LogP contribution in [0.1, 0.15) is 47.7 Å². The Morgan fingerprint density at radius 3 is 2.32 bits per heavy atom. The van der Waals surface area contributed by atoms with Gasteiger partial charge in [-0.1, -0.05) is 45.0 Å². The van der Waals surface area contributed by atoms with E-state index in [4.69, 9.17) is 5.84 Å². The summed E-state index contributed by atoms with van der Waals surface area (Å²) in [6.07, 6.45) is 0. The molecule has 3 heteroatoms. The minimum atomic E-state index is 0.0640. The van der Waals surface area contributed by atoms with E-state index in [0.717, 1.165) is 0 Å². The summed E-state index contributed by atoms with van der Waals surface area (Å²) < 4.78 is 0. The van der Waals surface area contributed by atoms with E-state index in [0.29, 0.717) is 0 Å². The number of hydrogen-bond donors (Lipinski definition) is 2. The van der Waals surface area contributed by atoms with Gasteiger partial charge in [-0.25, -0.2) is 5.43 Å². The van der Waals surface area contributed by atoms with Crippen molar-refractivity contribution < 1.29 is 0 Å². The topological polar surface area (TPSA) is 38.0 Å². The molecule has 102 valence electrons. The summed E-state index contributed by atoms with van der Waals surface area (Å²) in [5, 5.41) is 0. The molecule has 0 saturated carbocycles. The normalized spacial score (nSPS) is 13.5. The lowest BCUT2D eigenvalue weighted by Crippen LogP contribution is -2.30. The molecule has 0 amide bonds. The van der Waals surface area contributed by atoms with Crippen LogP contribution in [0.4, 0.5) is 0 Å². The highest BCUT2D eigenvalue weighted by Crippen LogP contribution is 2.34. The number of nitrogens with one attached hydrogen (secondary N) is 1. The predicted molar refractivity (Wildman–Crippen MR) is 83.4 cm³/mol. The lowest BCUT2D eigenvalue weighted by Gasteiger charge is -2.26. The van der Waals surface area contributed by atoms with Crippen LogP contribution in [0.5, 0.6) is 0 Å². The second-order valence-electron chi connectivity index (χ2n) is 5.89. The molecule has 0 spiro atoms. The van der Waals surface area contributed by atoms with E-state index in [2.05, 4.69) is 69.5 Å².